The number of hydrogen-bond acceptors (Lipinski definition) is 2. The summed E-state index contributed by atoms with van der Waals surface area (Å²) in [5, 5.41) is 0.415. The maximum absolute atomic E-state index is 12.7. The fraction of sp³-hybridized carbons (Fsp3) is 0.444. The first-order valence-corrected chi connectivity index (χ1v) is 5.34. The molecular weight excluding hydrogens is 227 g/mol. The van der Waals surface area contributed by atoms with Gasteiger partial charge in [0.25, 0.3) is 0 Å². The van der Waals surface area contributed by atoms with E-state index >= 15 is 0 Å². The van der Waals surface area contributed by atoms with Gasteiger partial charge in [-0.3, -0.25) is 4.79 Å². The van der Waals surface area contributed by atoms with Gasteiger partial charge >= 0.3 is 6.18 Å². The second-order valence-corrected chi connectivity index (χ2v) is 4.43. The lowest BCUT2D eigenvalue weighted by Gasteiger charge is -2.16. The third-order valence-corrected chi connectivity index (χ3v) is 3.37. The van der Waals surface area contributed by atoms with E-state index in [1.54, 1.807) is 0 Å². The Morgan fingerprint density at radius 3 is 2.73 bits per heavy atom. The Kier molecular flexibility index (Phi) is 2.33. The zero-order chi connectivity index (χ0) is 11.2. The van der Waals surface area contributed by atoms with E-state index < -0.39 is 17.3 Å². The van der Waals surface area contributed by atoms with Crippen molar-refractivity contribution in [3.05, 3.63) is 27.5 Å². The van der Waals surface area contributed by atoms with Crippen molar-refractivity contribution in [2.75, 3.05) is 5.75 Å². The van der Waals surface area contributed by atoms with Crippen LogP contribution in [0.5, 0.6) is 0 Å². The van der Waals surface area contributed by atoms with Crippen LogP contribution in [0.4, 0.5) is 13.2 Å². The van der Waals surface area contributed by atoms with E-state index in [1.165, 1.54) is 29.3 Å². The molecule has 2 rings (SSSR count). The molecule has 0 unspecified atom stereocenters. The van der Waals surface area contributed by atoms with Gasteiger partial charge in [0, 0.05) is 23.9 Å². The van der Waals surface area contributed by atoms with Crippen molar-refractivity contribution in [3.8, 4) is 0 Å². The van der Waals surface area contributed by atoms with Crippen LogP contribution in [0, 0.1) is 6.92 Å². The molecule has 0 radical (unpaired) electrons. The normalized spacial score (nSPS) is 15.5. The lowest BCUT2D eigenvalue weighted by molar-refractivity contribution is -0.145. The summed E-state index contributed by atoms with van der Waals surface area (Å²) >= 11 is 1.28. The summed E-state index contributed by atoms with van der Waals surface area (Å²) in [7, 11) is 0. The third kappa shape index (κ3) is 1.67. The van der Waals surface area contributed by atoms with Gasteiger partial charge in [0.05, 0.1) is 5.03 Å². The minimum atomic E-state index is -4.45. The highest BCUT2D eigenvalue weighted by Gasteiger charge is 2.38. The van der Waals surface area contributed by atoms with Crippen LogP contribution in [0.1, 0.15) is 11.3 Å². The molecule has 0 saturated carbocycles. The molecule has 0 aliphatic carbocycles. The summed E-state index contributed by atoms with van der Waals surface area (Å²) < 4.78 is 39.3. The van der Waals surface area contributed by atoms with Crippen molar-refractivity contribution in [1.29, 1.82) is 0 Å². The van der Waals surface area contributed by atoms with Crippen molar-refractivity contribution in [1.82, 2.24) is 4.57 Å². The Balaban J connectivity index is 2.77. The molecular formula is C9H8F3NOS. The van der Waals surface area contributed by atoms with E-state index in [0.717, 1.165) is 0 Å². The van der Waals surface area contributed by atoms with Gasteiger partial charge in [-0.15, -0.1) is 11.8 Å². The number of hydrogen-bond donors (Lipinski definition) is 0. The SMILES string of the molecule is Cc1c(C(F)(F)F)n2c(cc1=O)SCC2. The van der Waals surface area contributed by atoms with Crippen LogP contribution in [-0.2, 0) is 12.7 Å². The maximum atomic E-state index is 12.7. The number of rotatable bonds is 0. The Morgan fingerprint density at radius 1 is 1.47 bits per heavy atom. The molecule has 6 heteroatoms. The first-order valence-electron chi connectivity index (χ1n) is 4.35. The van der Waals surface area contributed by atoms with Crippen molar-refractivity contribution < 1.29 is 13.2 Å². The quantitative estimate of drug-likeness (QED) is 0.688. The molecule has 0 aromatic carbocycles. The molecule has 82 valence electrons. The van der Waals surface area contributed by atoms with Gasteiger partial charge in [-0.1, -0.05) is 0 Å². The molecule has 2 heterocycles. The van der Waals surface area contributed by atoms with Gasteiger partial charge in [0.2, 0.25) is 0 Å². The summed E-state index contributed by atoms with van der Waals surface area (Å²) in [6.45, 7) is 1.54. The van der Waals surface area contributed by atoms with Crippen LogP contribution in [0.2, 0.25) is 0 Å². The number of halogens is 3. The standard InChI is InChI=1S/C9H8F3NOS/c1-5-6(14)4-7-13(2-3-15-7)8(5)9(10,11)12/h4H,2-3H2,1H3. The zero-order valence-electron chi connectivity index (χ0n) is 7.89. The molecule has 0 fully saturated rings. The number of pyridine rings is 1. The van der Waals surface area contributed by atoms with Crippen molar-refractivity contribution in [3.63, 3.8) is 0 Å². The van der Waals surface area contributed by atoms with E-state index in [2.05, 4.69) is 0 Å². The Hall–Kier alpha value is -0.910. The molecule has 1 aromatic heterocycles. The zero-order valence-corrected chi connectivity index (χ0v) is 8.71. The lowest BCUT2D eigenvalue weighted by Crippen LogP contribution is -2.23. The molecule has 1 aliphatic rings. The molecule has 2 nitrogen and oxygen atoms in total. The number of nitrogens with zero attached hydrogens (tertiary/aromatic N) is 1. The lowest BCUT2D eigenvalue weighted by atomic mass is 10.2. The predicted molar refractivity (Wildman–Crippen MR) is 51.2 cm³/mol. The minimum Gasteiger partial charge on any atom is -0.331 e. The Bertz CT molecular complexity index is 464. The fourth-order valence-corrected chi connectivity index (χ4v) is 2.69. The number of fused-ring (bicyclic) bond motifs is 1. The van der Waals surface area contributed by atoms with Crippen molar-refractivity contribution in [2.24, 2.45) is 0 Å². The van der Waals surface area contributed by atoms with Crippen LogP contribution in [0.3, 0.4) is 0 Å². The summed E-state index contributed by atoms with van der Waals surface area (Å²) in [5.41, 5.74) is -1.55. The monoisotopic (exact) mass is 235 g/mol. The number of alkyl halides is 3. The van der Waals surface area contributed by atoms with Gasteiger partial charge in [0.15, 0.2) is 5.43 Å². The van der Waals surface area contributed by atoms with Gasteiger partial charge in [0.1, 0.15) is 5.69 Å². The van der Waals surface area contributed by atoms with Crippen LogP contribution in [0.25, 0.3) is 0 Å². The van der Waals surface area contributed by atoms with E-state index in [-0.39, 0.29) is 5.56 Å². The van der Waals surface area contributed by atoms with E-state index in [9.17, 15) is 18.0 Å². The molecule has 0 N–H and O–H groups in total. The minimum absolute atomic E-state index is 0.214. The average molecular weight is 235 g/mol. The molecule has 0 spiro atoms. The van der Waals surface area contributed by atoms with Gasteiger partial charge < -0.3 is 4.57 Å². The van der Waals surface area contributed by atoms with E-state index in [4.69, 9.17) is 0 Å². The summed E-state index contributed by atoms with van der Waals surface area (Å²) in [5.74, 6) is 0.589. The second-order valence-electron chi connectivity index (χ2n) is 3.32. The highest BCUT2D eigenvalue weighted by atomic mass is 32.2. The average Bonchev–Trinajstić information content (AvgIpc) is 2.50. The highest BCUT2D eigenvalue weighted by molar-refractivity contribution is 7.99. The summed E-state index contributed by atoms with van der Waals surface area (Å²) in [6, 6.07) is 1.28. The Morgan fingerprint density at radius 2 is 2.13 bits per heavy atom. The Labute approximate surface area is 88.1 Å². The van der Waals surface area contributed by atoms with Gasteiger partial charge in [-0.05, 0) is 6.92 Å². The molecule has 0 saturated heterocycles. The fourth-order valence-electron chi connectivity index (χ4n) is 1.68. The molecule has 0 bridgehead atoms. The largest absolute Gasteiger partial charge is 0.431 e. The summed E-state index contributed by atoms with van der Waals surface area (Å²) in [4.78, 5) is 11.3. The molecule has 15 heavy (non-hydrogen) atoms. The number of thioether (sulfide) groups is 1. The third-order valence-electron chi connectivity index (χ3n) is 2.35. The van der Waals surface area contributed by atoms with Crippen LogP contribution >= 0.6 is 11.8 Å². The second kappa shape index (κ2) is 3.30. The van der Waals surface area contributed by atoms with Crippen molar-refractivity contribution in [2.45, 2.75) is 24.7 Å². The predicted octanol–water partition coefficient (Wildman–Crippen LogP) is 2.28. The van der Waals surface area contributed by atoms with Gasteiger partial charge in [-0.25, -0.2) is 0 Å². The highest BCUT2D eigenvalue weighted by Crippen LogP contribution is 2.35. The first kappa shape index (κ1) is 10.6. The van der Waals surface area contributed by atoms with E-state index in [1.807, 2.05) is 0 Å². The molecule has 0 amide bonds. The van der Waals surface area contributed by atoms with Gasteiger partial charge in [-0.2, -0.15) is 13.2 Å². The van der Waals surface area contributed by atoms with Crippen LogP contribution in [-0.4, -0.2) is 10.3 Å². The van der Waals surface area contributed by atoms with Crippen molar-refractivity contribution >= 4 is 11.8 Å². The van der Waals surface area contributed by atoms with E-state index in [0.29, 0.717) is 17.3 Å². The molecule has 0 atom stereocenters. The topological polar surface area (TPSA) is 22.0 Å². The first-order chi connectivity index (χ1) is 6.91. The maximum Gasteiger partial charge on any atom is 0.431 e. The van der Waals surface area contributed by atoms with Crippen LogP contribution in [0.15, 0.2) is 15.9 Å². The number of aromatic nitrogens is 1. The molecule has 1 aliphatic heterocycles. The van der Waals surface area contributed by atoms with Crippen LogP contribution < -0.4 is 5.43 Å². The molecule has 1 aromatic rings. The summed E-state index contributed by atoms with van der Waals surface area (Å²) in [6.07, 6.45) is -4.45. The smallest absolute Gasteiger partial charge is 0.331 e.